The summed E-state index contributed by atoms with van der Waals surface area (Å²) < 4.78 is 33.6. The van der Waals surface area contributed by atoms with Crippen molar-refractivity contribution in [2.45, 2.75) is 52.5 Å². The van der Waals surface area contributed by atoms with E-state index in [-0.39, 0.29) is 6.54 Å². The summed E-state index contributed by atoms with van der Waals surface area (Å²) in [5.41, 5.74) is 1.26. The van der Waals surface area contributed by atoms with Gasteiger partial charge < -0.3 is 20.1 Å². The summed E-state index contributed by atoms with van der Waals surface area (Å²) in [6.07, 6.45) is -2.37. The Morgan fingerprint density at radius 1 is 1.24 bits per heavy atom. The first-order valence-electron chi connectivity index (χ1n) is 7.78. The normalized spacial score (nSPS) is 12.6. The predicted molar refractivity (Wildman–Crippen MR) is 88.1 cm³/mol. The number of ether oxygens (including phenoxy) is 2. The molecule has 0 spiro atoms. The van der Waals surface area contributed by atoms with E-state index < -0.39 is 36.9 Å². The van der Waals surface area contributed by atoms with Crippen LogP contribution in [0.25, 0.3) is 0 Å². The lowest BCUT2D eigenvalue weighted by molar-refractivity contribution is -0.158. The van der Waals surface area contributed by atoms with Gasteiger partial charge in [0, 0.05) is 12.1 Å². The number of rotatable bonds is 7. The Bertz CT molecular complexity index is 588. The molecule has 0 aliphatic carbocycles. The lowest BCUT2D eigenvalue weighted by atomic mass is 10.1. The molecule has 1 atom stereocenters. The summed E-state index contributed by atoms with van der Waals surface area (Å²) in [6.45, 7) is 3.43. The molecular formula is C17H24F2N2O4. The number of alkyl carbamates (subject to hydrolysis) is 1. The molecule has 0 aromatic heterocycles. The molecule has 0 unspecified atom stereocenters. The Kier molecular flexibility index (Phi) is 7.76. The van der Waals surface area contributed by atoms with Gasteiger partial charge in [0.25, 0.3) is 5.91 Å². The fourth-order valence-corrected chi connectivity index (χ4v) is 1.91. The topological polar surface area (TPSA) is 76.7 Å². The molecule has 0 saturated carbocycles. The number of carbonyl (C=O) groups is 2. The van der Waals surface area contributed by atoms with E-state index in [1.807, 2.05) is 31.2 Å². The van der Waals surface area contributed by atoms with E-state index >= 15 is 0 Å². The summed E-state index contributed by atoms with van der Waals surface area (Å²) >= 11 is 0. The number of benzene rings is 1. The van der Waals surface area contributed by atoms with Gasteiger partial charge >= 0.3 is 12.7 Å². The quantitative estimate of drug-likeness (QED) is 0.786. The van der Waals surface area contributed by atoms with Crippen LogP contribution in [0.2, 0.25) is 0 Å². The van der Waals surface area contributed by atoms with Crippen molar-refractivity contribution in [3.63, 3.8) is 0 Å². The second-order valence-corrected chi connectivity index (χ2v) is 6.57. The molecule has 1 aromatic carbocycles. The maximum Gasteiger partial charge on any atom is 0.408 e. The van der Waals surface area contributed by atoms with E-state index in [2.05, 4.69) is 15.4 Å². The minimum atomic E-state index is -3.07. The van der Waals surface area contributed by atoms with E-state index in [0.29, 0.717) is 0 Å². The maximum atomic E-state index is 12.3. The summed E-state index contributed by atoms with van der Waals surface area (Å²) in [6, 6.07) is 7.43. The molecular weight excluding hydrogens is 334 g/mol. The van der Waals surface area contributed by atoms with Crippen LogP contribution in [0.15, 0.2) is 24.3 Å². The van der Waals surface area contributed by atoms with Crippen LogP contribution in [0.5, 0.6) is 0 Å². The van der Waals surface area contributed by atoms with Gasteiger partial charge in [0.1, 0.15) is 0 Å². The first-order valence-corrected chi connectivity index (χ1v) is 7.78. The van der Waals surface area contributed by atoms with E-state index in [9.17, 15) is 18.4 Å². The van der Waals surface area contributed by atoms with Crippen LogP contribution in [-0.2, 0) is 20.8 Å². The Hall–Kier alpha value is -2.22. The van der Waals surface area contributed by atoms with E-state index in [4.69, 9.17) is 4.74 Å². The van der Waals surface area contributed by atoms with E-state index in [1.165, 1.54) is 0 Å². The highest BCUT2D eigenvalue weighted by molar-refractivity contribution is 5.83. The van der Waals surface area contributed by atoms with Gasteiger partial charge in [-0.05, 0) is 33.3 Å². The summed E-state index contributed by atoms with van der Waals surface area (Å²) in [5.74, 6) is -0.716. The van der Waals surface area contributed by atoms with Crippen molar-refractivity contribution in [3.05, 3.63) is 35.4 Å². The number of nitrogens with one attached hydrogen (secondary N) is 2. The van der Waals surface area contributed by atoms with Gasteiger partial charge in [-0.25, -0.2) is 4.79 Å². The van der Waals surface area contributed by atoms with Gasteiger partial charge in [0.2, 0.25) is 6.10 Å². The zero-order valence-electron chi connectivity index (χ0n) is 14.8. The van der Waals surface area contributed by atoms with Crippen LogP contribution in [0.1, 0.15) is 31.9 Å². The van der Waals surface area contributed by atoms with Gasteiger partial charge in [-0.2, -0.15) is 8.78 Å². The smallest absolute Gasteiger partial charge is 0.408 e. The molecule has 140 valence electrons. The molecule has 0 heterocycles. The minimum absolute atomic E-state index is 0.177. The van der Waals surface area contributed by atoms with Crippen LogP contribution >= 0.6 is 0 Å². The van der Waals surface area contributed by atoms with E-state index in [0.717, 1.165) is 11.1 Å². The average molecular weight is 358 g/mol. The Balaban J connectivity index is 2.66. The first kappa shape index (κ1) is 20.8. The summed E-state index contributed by atoms with van der Waals surface area (Å²) in [5, 5.41) is 5.04. The molecule has 0 bridgehead atoms. The van der Waals surface area contributed by atoms with Crippen LogP contribution < -0.4 is 10.6 Å². The van der Waals surface area contributed by atoms with Crippen LogP contribution in [-0.4, -0.2) is 36.9 Å². The molecule has 0 aliphatic rings. The van der Waals surface area contributed by atoms with Crippen molar-refractivity contribution in [2.75, 3.05) is 6.61 Å². The SMILES string of the molecule is Cc1cccc(CNC(=O)[C@@H](COC(F)F)OC(=O)NC(C)(C)C)c1. The predicted octanol–water partition coefficient (Wildman–Crippen LogP) is 2.74. The highest BCUT2D eigenvalue weighted by Gasteiger charge is 2.26. The van der Waals surface area contributed by atoms with Crippen LogP contribution in [0.4, 0.5) is 13.6 Å². The summed E-state index contributed by atoms with van der Waals surface area (Å²) in [4.78, 5) is 24.0. The Morgan fingerprint density at radius 2 is 1.92 bits per heavy atom. The van der Waals surface area contributed by atoms with Crippen molar-refractivity contribution in [1.82, 2.24) is 10.6 Å². The molecule has 8 heteroatoms. The molecule has 2 amide bonds. The molecule has 6 nitrogen and oxygen atoms in total. The van der Waals surface area contributed by atoms with Gasteiger partial charge in [-0.15, -0.1) is 0 Å². The van der Waals surface area contributed by atoms with Gasteiger partial charge in [0.15, 0.2) is 0 Å². The highest BCUT2D eigenvalue weighted by atomic mass is 19.3. The number of hydrogen-bond donors (Lipinski definition) is 2. The lowest BCUT2D eigenvalue weighted by Gasteiger charge is -2.23. The highest BCUT2D eigenvalue weighted by Crippen LogP contribution is 2.06. The fraction of sp³-hybridized carbons (Fsp3) is 0.529. The fourth-order valence-electron chi connectivity index (χ4n) is 1.91. The number of carbonyl (C=O) groups excluding carboxylic acids is 2. The minimum Gasteiger partial charge on any atom is -0.434 e. The molecule has 0 radical (unpaired) electrons. The van der Waals surface area contributed by atoms with Crippen molar-refractivity contribution >= 4 is 12.0 Å². The number of alkyl halides is 2. The molecule has 0 saturated heterocycles. The van der Waals surface area contributed by atoms with Gasteiger partial charge in [-0.1, -0.05) is 29.8 Å². The molecule has 2 N–H and O–H groups in total. The standard InChI is InChI=1S/C17H24F2N2O4/c1-11-6-5-7-12(8-11)9-20-14(22)13(10-24-15(18)19)25-16(23)21-17(2,3)4/h5-8,13,15H,9-10H2,1-4H3,(H,20,22)(H,21,23)/t13-/m1/s1. The third-order valence-corrected chi connectivity index (χ3v) is 2.94. The largest absolute Gasteiger partial charge is 0.434 e. The molecule has 25 heavy (non-hydrogen) atoms. The third kappa shape index (κ3) is 8.99. The zero-order valence-corrected chi connectivity index (χ0v) is 14.8. The van der Waals surface area contributed by atoms with Gasteiger partial charge in [-0.3, -0.25) is 4.79 Å². The zero-order chi connectivity index (χ0) is 19.0. The van der Waals surface area contributed by atoms with E-state index in [1.54, 1.807) is 20.8 Å². The second kappa shape index (κ2) is 9.31. The molecule has 1 rings (SSSR count). The average Bonchev–Trinajstić information content (AvgIpc) is 2.47. The molecule has 1 aromatic rings. The number of amides is 2. The van der Waals surface area contributed by atoms with Crippen molar-refractivity contribution in [2.24, 2.45) is 0 Å². The number of aryl methyl sites for hydroxylation is 1. The van der Waals surface area contributed by atoms with Gasteiger partial charge in [0.05, 0.1) is 6.61 Å². The maximum absolute atomic E-state index is 12.3. The Labute approximate surface area is 145 Å². The molecule has 0 aliphatic heterocycles. The monoisotopic (exact) mass is 358 g/mol. The van der Waals surface area contributed by atoms with Crippen LogP contribution in [0.3, 0.4) is 0 Å². The number of halogens is 2. The first-order chi connectivity index (χ1) is 11.6. The lowest BCUT2D eigenvalue weighted by Crippen LogP contribution is -2.47. The van der Waals surface area contributed by atoms with Crippen molar-refractivity contribution in [3.8, 4) is 0 Å². The van der Waals surface area contributed by atoms with Crippen molar-refractivity contribution in [1.29, 1.82) is 0 Å². The summed E-state index contributed by atoms with van der Waals surface area (Å²) in [7, 11) is 0. The van der Waals surface area contributed by atoms with Crippen molar-refractivity contribution < 1.29 is 27.8 Å². The number of hydrogen-bond acceptors (Lipinski definition) is 4. The molecule has 0 fully saturated rings. The van der Waals surface area contributed by atoms with Crippen LogP contribution in [0, 0.1) is 6.92 Å². The Morgan fingerprint density at radius 3 is 2.48 bits per heavy atom. The second-order valence-electron chi connectivity index (χ2n) is 6.57. The third-order valence-electron chi connectivity index (χ3n) is 2.94.